The van der Waals surface area contributed by atoms with Crippen molar-refractivity contribution in [1.82, 2.24) is 10.2 Å². The average molecular weight is 345 g/mol. The molecule has 21 heavy (non-hydrogen) atoms. The van der Waals surface area contributed by atoms with Crippen LogP contribution in [0.4, 0.5) is 0 Å². The minimum Gasteiger partial charge on any atom is -0.311 e. The number of rotatable bonds is 3. The van der Waals surface area contributed by atoms with Gasteiger partial charge in [-0.2, -0.15) is 0 Å². The van der Waals surface area contributed by atoms with Crippen molar-refractivity contribution in [3.63, 3.8) is 0 Å². The minimum absolute atomic E-state index is 0.450. The first kappa shape index (κ1) is 14.8. The van der Waals surface area contributed by atoms with E-state index < -0.39 is 0 Å². The van der Waals surface area contributed by atoms with Gasteiger partial charge in [-0.15, -0.1) is 0 Å². The zero-order valence-corrected chi connectivity index (χ0v) is 13.9. The van der Waals surface area contributed by atoms with Crippen molar-refractivity contribution >= 4 is 15.9 Å². The first-order chi connectivity index (χ1) is 10.2. The third-order valence-corrected chi connectivity index (χ3v) is 4.62. The molecule has 3 heteroatoms. The van der Waals surface area contributed by atoms with Gasteiger partial charge in [-0.25, -0.2) is 0 Å². The molecule has 1 aliphatic rings. The van der Waals surface area contributed by atoms with Gasteiger partial charge in [0, 0.05) is 36.2 Å². The number of halogens is 1. The second-order valence-corrected chi connectivity index (χ2v) is 6.71. The van der Waals surface area contributed by atoms with E-state index in [1.54, 1.807) is 0 Å². The lowest BCUT2D eigenvalue weighted by Crippen LogP contribution is -2.50. The molecule has 1 N–H and O–H groups in total. The minimum atomic E-state index is 0.450. The predicted octanol–water partition coefficient (Wildman–Crippen LogP) is 3.98. The lowest BCUT2D eigenvalue weighted by molar-refractivity contribution is 0.127. The lowest BCUT2D eigenvalue weighted by Gasteiger charge is -2.39. The Morgan fingerprint density at radius 2 is 1.81 bits per heavy atom. The summed E-state index contributed by atoms with van der Waals surface area (Å²) in [7, 11) is 0. The van der Waals surface area contributed by atoms with Gasteiger partial charge < -0.3 is 5.32 Å². The SMILES string of the molecule is CC1CN(Cc2ccc(Br)cc2)C(c2ccccc2)CN1. The Balaban J connectivity index is 1.80. The molecule has 0 aliphatic carbocycles. The summed E-state index contributed by atoms with van der Waals surface area (Å²) in [6.45, 7) is 5.35. The number of hydrogen-bond donors (Lipinski definition) is 1. The Hall–Kier alpha value is -1.16. The summed E-state index contributed by atoms with van der Waals surface area (Å²) in [6.07, 6.45) is 0. The van der Waals surface area contributed by atoms with E-state index in [-0.39, 0.29) is 0 Å². The van der Waals surface area contributed by atoms with Crippen LogP contribution < -0.4 is 5.32 Å². The molecule has 0 spiro atoms. The quantitative estimate of drug-likeness (QED) is 0.905. The number of hydrogen-bond acceptors (Lipinski definition) is 2. The molecule has 0 radical (unpaired) electrons. The van der Waals surface area contributed by atoms with E-state index in [2.05, 4.69) is 87.7 Å². The van der Waals surface area contributed by atoms with Gasteiger partial charge in [-0.3, -0.25) is 4.90 Å². The Labute approximate surface area is 135 Å². The van der Waals surface area contributed by atoms with Crippen LogP contribution in [0.25, 0.3) is 0 Å². The molecule has 3 rings (SSSR count). The summed E-state index contributed by atoms with van der Waals surface area (Å²) in [4.78, 5) is 2.58. The highest BCUT2D eigenvalue weighted by molar-refractivity contribution is 9.10. The van der Waals surface area contributed by atoms with E-state index >= 15 is 0 Å². The molecule has 0 aromatic heterocycles. The molecule has 1 fully saturated rings. The maximum Gasteiger partial charge on any atom is 0.0476 e. The first-order valence-electron chi connectivity index (χ1n) is 7.49. The Morgan fingerprint density at radius 1 is 1.10 bits per heavy atom. The third kappa shape index (κ3) is 3.73. The molecule has 1 aliphatic heterocycles. The van der Waals surface area contributed by atoms with Crippen molar-refractivity contribution in [2.24, 2.45) is 0 Å². The zero-order valence-electron chi connectivity index (χ0n) is 12.3. The summed E-state index contributed by atoms with van der Waals surface area (Å²) in [5.41, 5.74) is 2.77. The van der Waals surface area contributed by atoms with Crippen molar-refractivity contribution in [2.75, 3.05) is 13.1 Å². The average Bonchev–Trinajstić information content (AvgIpc) is 2.51. The second kappa shape index (κ2) is 6.73. The van der Waals surface area contributed by atoms with Crippen molar-refractivity contribution in [3.05, 3.63) is 70.2 Å². The molecule has 0 amide bonds. The molecular formula is C18H21BrN2. The van der Waals surface area contributed by atoms with Crippen LogP contribution in [0, 0.1) is 0 Å². The fourth-order valence-electron chi connectivity index (χ4n) is 2.99. The van der Waals surface area contributed by atoms with E-state index in [1.807, 2.05) is 0 Å². The van der Waals surface area contributed by atoms with Crippen LogP contribution in [0.2, 0.25) is 0 Å². The van der Waals surface area contributed by atoms with Crippen LogP contribution in [0.5, 0.6) is 0 Å². The molecule has 2 unspecified atom stereocenters. The largest absolute Gasteiger partial charge is 0.311 e. The number of piperazine rings is 1. The van der Waals surface area contributed by atoms with Gasteiger partial charge in [-0.1, -0.05) is 58.4 Å². The van der Waals surface area contributed by atoms with Gasteiger partial charge in [0.05, 0.1) is 0 Å². The van der Waals surface area contributed by atoms with E-state index in [9.17, 15) is 0 Å². The van der Waals surface area contributed by atoms with Gasteiger partial charge in [0.15, 0.2) is 0 Å². The number of benzene rings is 2. The topological polar surface area (TPSA) is 15.3 Å². The highest BCUT2D eigenvalue weighted by atomic mass is 79.9. The van der Waals surface area contributed by atoms with Crippen molar-refractivity contribution < 1.29 is 0 Å². The third-order valence-electron chi connectivity index (χ3n) is 4.09. The van der Waals surface area contributed by atoms with Crippen LogP contribution >= 0.6 is 15.9 Å². The fraction of sp³-hybridized carbons (Fsp3) is 0.333. The summed E-state index contributed by atoms with van der Waals surface area (Å²) in [6, 6.07) is 20.5. The normalized spacial score (nSPS) is 23.1. The van der Waals surface area contributed by atoms with Crippen molar-refractivity contribution in [2.45, 2.75) is 25.6 Å². The zero-order chi connectivity index (χ0) is 14.7. The van der Waals surface area contributed by atoms with Gasteiger partial charge in [0.25, 0.3) is 0 Å². The molecular weight excluding hydrogens is 324 g/mol. The Bertz CT molecular complexity index is 568. The molecule has 110 valence electrons. The molecule has 1 heterocycles. The fourth-order valence-corrected chi connectivity index (χ4v) is 3.25. The second-order valence-electron chi connectivity index (χ2n) is 5.79. The highest BCUT2D eigenvalue weighted by Gasteiger charge is 2.26. The smallest absolute Gasteiger partial charge is 0.0476 e. The van der Waals surface area contributed by atoms with Crippen LogP contribution in [0.3, 0.4) is 0 Å². The van der Waals surface area contributed by atoms with Crippen molar-refractivity contribution in [3.8, 4) is 0 Å². The maximum atomic E-state index is 3.61. The molecule has 0 bridgehead atoms. The molecule has 1 saturated heterocycles. The Morgan fingerprint density at radius 3 is 2.52 bits per heavy atom. The van der Waals surface area contributed by atoms with Gasteiger partial charge >= 0.3 is 0 Å². The molecule has 2 aromatic carbocycles. The van der Waals surface area contributed by atoms with Crippen LogP contribution in [-0.2, 0) is 6.54 Å². The van der Waals surface area contributed by atoms with E-state index in [0.29, 0.717) is 12.1 Å². The molecule has 0 saturated carbocycles. The van der Waals surface area contributed by atoms with E-state index in [4.69, 9.17) is 0 Å². The van der Waals surface area contributed by atoms with Gasteiger partial charge in [0.2, 0.25) is 0 Å². The van der Waals surface area contributed by atoms with Gasteiger partial charge in [0.1, 0.15) is 0 Å². The Kier molecular flexibility index (Phi) is 4.73. The van der Waals surface area contributed by atoms with Gasteiger partial charge in [-0.05, 0) is 30.2 Å². The molecule has 2 atom stereocenters. The summed E-state index contributed by atoms with van der Waals surface area (Å²) in [5, 5.41) is 3.61. The highest BCUT2D eigenvalue weighted by Crippen LogP contribution is 2.25. The predicted molar refractivity (Wildman–Crippen MR) is 91.2 cm³/mol. The lowest BCUT2D eigenvalue weighted by atomic mass is 10.0. The monoisotopic (exact) mass is 344 g/mol. The summed E-state index contributed by atoms with van der Waals surface area (Å²) in [5.74, 6) is 0. The van der Waals surface area contributed by atoms with Crippen LogP contribution in [0.15, 0.2) is 59.1 Å². The van der Waals surface area contributed by atoms with E-state index in [0.717, 1.165) is 24.1 Å². The van der Waals surface area contributed by atoms with Crippen LogP contribution in [0.1, 0.15) is 24.1 Å². The summed E-state index contributed by atoms with van der Waals surface area (Å²) < 4.78 is 1.14. The standard InChI is InChI=1S/C18H21BrN2/c1-14-12-21(13-15-7-9-17(19)10-8-15)18(11-20-14)16-5-3-2-4-6-16/h2-10,14,18,20H,11-13H2,1H3. The maximum absolute atomic E-state index is 3.61. The first-order valence-corrected chi connectivity index (χ1v) is 8.28. The summed E-state index contributed by atoms with van der Waals surface area (Å²) >= 11 is 3.51. The van der Waals surface area contributed by atoms with Crippen LogP contribution in [-0.4, -0.2) is 24.0 Å². The number of nitrogens with zero attached hydrogens (tertiary/aromatic N) is 1. The molecule has 2 nitrogen and oxygen atoms in total. The molecule has 2 aromatic rings. The van der Waals surface area contributed by atoms with Crippen molar-refractivity contribution in [1.29, 1.82) is 0 Å². The number of nitrogens with one attached hydrogen (secondary N) is 1. The van der Waals surface area contributed by atoms with E-state index in [1.165, 1.54) is 11.1 Å².